The molecular weight excluding hydrogens is 262 g/mol. The Morgan fingerprint density at radius 3 is 2.37 bits per heavy atom. The zero-order chi connectivity index (χ0) is 13.8. The first-order valence-electron chi connectivity index (χ1n) is 5.73. The molecule has 0 saturated carbocycles. The molecular formula is C14H13NO3S. The average molecular weight is 275 g/mol. The fourth-order valence-corrected chi connectivity index (χ4v) is 2.38. The summed E-state index contributed by atoms with van der Waals surface area (Å²) in [4.78, 5) is 24.3. The predicted molar refractivity (Wildman–Crippen MR) is 73.6 cm³/mol. The molecule has 0 radical (unpaired) electrons. The van der Waals surface area contributed by atoms with E-state index >= 15 is 0 Å². The zero-order valence-electron chi connectivity index (χ0n) is 10.3. The normalized spacial score (nSPS) is 10.2. The van der Waals surface area contributed by atoms with Crippen molar-refractivity contribution in [2.45, 2.75) is 13.5 Å². The van der Waals surface area contributed by atoms with Crippen LogP contribution in [-0.2, 0) is 6.54 Å². The molecule has 0 saturated heterocycles. The van der Waals surface area contributed by atoms with Gasteiger partial charge in [0.25, 0.3) is 5.91 Å². The van der Waals surface area contributed by atoms with Gasteiger partial charge in [0.1, 0.15) is 0 Å². The summed E-state index contributed by atoms with van der Waals surface area (Å²) in [6, 6.07) is 10.1. The van der Waals surface area contributed by atoms with Crippen molar-refractivity contribution in [3.63, 3.8) is 0 Å². The number of thiophene rings is 1. The molecule has 5 heteroatoms. The monoisotopic (exact) mass is 275 g/mol. The quantitative estimate of drug-likeness (QED) is 0.901. The van der Waals surface area contributed by atoms with E-state index in [1.807, 2.05) is 13.0 Å². The smallest absolute Gasteiger partial charge is 0.335 e. The van der Waals surface area contributed by atoms with E-state index in [1.165, 1.54) is 23.5 Å². The van der Waals surface area contributed by atoms with Crippen LogP contribution in [0.25, 0.3) is 0 Å². The number of hydrogen-bond donors (Lipinski definition) is 2. The summed E-state index contributed by atoms with van der Waals surface area (Å²) < 4.78 is 0. The topological polar surface area (TPSA) is 66.4 Å². The fourth-order valence-electron chi connectivity index (χ4n) is 1.59. The summed E-state index contributed by atoms with van der Waals surface area (Å²) in [5, 5.41) is 11.6. The van der Waals surface area contributed by atoms with Crippen LogP contribution in [0.1, 0.15) is 30.5 Å². The van der Waals surface area contributed by atoms with Crippen LogP contribution in [0.4, 0.5) is 0 Å². The van der Waals surface area contributed by atoms with Crippen LogP contribution in [-0.4, -0.2) is 17.0 Å². The third-order valence-corrected chi connectivity index (χ3v) is 3.62. The molecule has 98 valence electrons. The molecule has 2 N–H and O–H groups in total. The van der Waals surface area contributed by atoms with Crippen LogP contribution >= 0.6 is 11.3 Å². The molecule has 0 atom stereocenters. The first kappa shape index (κ1) is 13.3. The number of aromatic carboxylic acids is 1. The van der Waals surface area contributed by atoms with Crippen molar-refractivity contribution < 1.29 is 14.7 Å². The van der Waals surface area contributed by atoms with E-state index in [9.17, 15) is 9.59 Å². The van der Waals surface area contributed by atoms with Crippen LogP contribution in [0.15, 0.2) is 36.4 Å². The highest BCUT2D eigenvalue weighted by molar-refractivity contribution is 7.13. The minimum Gasteiger partial charge on any atom is -0.478 e. The van der Waals surface area contributed by atoms with Gasteiger partial charge in [0, 0.05) is 11.4 Å². The van der Waals surface area contributed by atoms with Crippen molar-refractivity contribution in [2.24, 2.45) is 0 Å². The molecule has 1 heterocycles. The summed E-state index contributed by atoms with van der Waals surface area (Å²) in [5.41, 5.74) is 1.11. The third kappa shape index (κ3) is 3.42. The maximum absolute atomic E-state index is 11.8. The molecule has 2 rings (SSSR count). The Bertz CT molecular complexity index is 601. The maximum Gasteiger partial charge on any atom is 0.335 e. The second-order valence-electron chi connectivity index (χ2n) is 4.10. The van der Waals surface area contributed by atoms with Gasteiger partial charge in [0.05, 0.1) is 10.4 Å². The Morgan fingerprint density at radius 1 is 1.16 bits per heavy atom. The number of rotatable bonds is 4. The van der Waals surface area contributed by atoms with Crippen LogP contribution in [0, 0.1) is 6.92 Å². The number of carbonyl (C=O) groups is 2. The lowest BCUT2D eigenvalue weighted by molar-refractivity contribution is 0.0696. The highest BCUT2D eigenvalue weighted by atomic mass is 32.1. The molecule has 0 unspecified atom stereocenters. The first-order valence-corrected chi connectivity index (χ1v) is 6.55. The lowest BCUT2D eigenvalue weighted by atomic mass is 10.1. The van der Waals surface area contributed by atoms with Gasteiger partial charge in [-0.1, -0.05) is 12.1 Å². The Morgan fingerprint density at radius 2 is 1.84 bits per heavy atom. The van der Waals surface area contributed by atoms with Crippen molar-refractivity contribution in [3.8, 4) is 0 Å². The number of aryl methyl sites for hydroxylation is 1. The first-order chi connectivity index (χ1) is 9.06. The second kappa shape index (κ2) is 5.67. The summed E-state index contributed by atoms with van der Waals surface area (Å²) in [6.45, 7) is 2.34. The van der Waals surface area contributed by atoms with Crippen molar-refractivity contribution in [1.29, 1.82) is 0 Å². The summed E-state index contributed by atoms with van der Waals surface area (Å²) in [6.07, 6.45) is 0. The van der Waals surface area contributed by atoms with Gasteiger partial charge in [0.15, 0.2) is 0 Å². The van der Waals surface area contributed by atoms with E-state index in [0.29, 0.717) is 11.4 Å². The van der Waals surface area contributed by atoms with Gasteiger partial charge in [-0.25, -0.2) is 4.79 Å². The maximum atomic E-state index is 11.8. The number of carboxylic acids is 1. The highest BCUT2D eigenvalue weighted by Crippen LogP contribution is 2.14. The summed E-state index contributed by atoms with van der Waals surface area (Å²) in [7, 11) is 0. The van der Waals surface area contributed by atoms with Crippen molar-refractivity contribution in [1.82, 2.24) is 5.32 Å². The molecule has 1 aromatic carbocycles. The Hall–Kier alpha value is -2.14. The Kier molecular flexibility index (Phi) is 3.97. The van der Waals surface area contributed by atoms with Gasteiger partial charge in [-0.15, -0.1) is 11.3 Å². The van der Waals surface area contributed by atoms with Crippen molar-refractivity contribution >= 4 is 23.2 Å². The van der Waals surface area contributed by atoms with E-state index < -0.39 is 5.97 Å². The molecule has 0 aliphatic heterocycles. The van der Waals surface area contributed by atoms with E-state index in [0.717, 1.165) is 10.4 Å². The fraction of sp³-hybridized carbons (Fsp3) is 0.143. The highest BCUT2D eigenvalue weighted by Gasteiger charge is 2.07. The standard InChI is InChI=1S/C14H13NO3S/c1-9-2-7-12(19-9)13(16)15-8-10-3-5-11(6-4-10)14(17)18/h2-7H,8H2,1H3,(H,15,16)(H,17,18). The SMILES string of the molecule is Cc1ccc(C(=O)NCc2ccc(C(=O)O)cc2)s1. The lowest BCUT2D eigenvalue weighted by Gasteiger charge is -2.04. The summed E-state index contributed by atoms with van der Waals surface area (Å²) >= 11 is 1.45. The zero-order valence-corrected chi connectivity index (χ0v) is 11.2. The number of benzene rings is 1. The molecule has 0 aliphatic carbocycles. The molecule has 4 nitrogen and oxygen atoms in total. The predicted octanol–water partition coefficient (Wildman–Crippen LogP) is 2.68. The lowest BCUT2D eigenvalue weighted by Crippen LogP contribution is -2.21. The Labute approximate surface area is 114 Å². The van der Waals surface area contributed by atoms with Gasteiger partial charge in [-0.3, -0.25) is 4.79 Å². The van der Waals surface area contributed by atoms with Crippen molar-refractivity contribution in [3.05, 3.63) is 57.3 Å². The van der Waals surface area contributed by atoms with Gasteiger partial charge in [0.2, 0.25) is 0 Å². The minimum absolute atomic E-state index is 0.111. The number of carboxylic acid groups (broad SMARTS) is 1. The molecule has 0 bridgehead atoms. The number of nitrogens with one attached hydrogen (secondary N) is 1. The average Bonchev–Trinajstić information content (AvgIpc) is 2.83. The summed E-state index contributed by atoms with van der Waals surface area (Å²) in [5.74, 6) is -1.06. The molecule has 2 aromatic rings. The minimum atomic E-state index is -0.954. The molecule has 0 spiro atoms. The van der Waals surface area contributed by atoms with Gasteiger partial charge >= 0.3 is 5.97 Å². The molecule has 0 aliphatic rings. The Balaban J connectivity index is 1.95. The van der Waals surface area contributed by atoms with Crippen LogP contribution in [0.2, 0.25) is 0 Å². The van der Waals surface area contributed by atoms with E-state index in [-0.39, 0.29) is 11.5 Å². The van der Waals surface area contributed by atoms with Crippen molar-refractivity contribution in [2.75, 3.05) is 0 Å². The van der Waals surface area contributed by atoms with Crippen LogP contribution < -0.4 is 5.32 Å². The van der Waals surface area contributed by atoms with Gasteiger partial charge < -0.3 is 10.4 Å². The van der Waals surface area contributed by atoms with E-state index in [1.54, 1.807) is 18.2 Å². The second-order valence-corrected chi connectivity index (χ2v) is 5.38. The van der Waals surface area contributed by atoms with Crippen LogP contribution in [0.5, 0.6) is 0 Å². The van der Waals surface area contributed by atoms with Gasteiger partial charge in [-0.2, -0.15) is 0 Å². The molecule has 0 fully saturated rings. The van der Waals surface area contributed by atoms with Gasteiger partial charge in [-0.05, 0) is 36.8 Å². The van der Waals surface area contributed by atoms with E-state index in [4.69, 9.17) is 5.11 Å². The molecule has 1 aromatic heterocycles. The third-order valence-electron chi connectivity index (χ3n) is 2.62. The molecule has 19 heavy (non-hydrogen) atoms. The largest absolute Gasteiger partial charge is 0.478 e. The number of carbonyl (C=O) groups excluding carboxylic acids is 1. The van der Waals surface area contributed by atoms with E-state index in [2.05, 4.69) is 5.32 Å². The van der Waals surface area contributed by atoms with Crippen LogP contribution in [0.3, 0.4) is 0 Å². The number of amides is 1. The number of hydrogen-bond acceptors (Lipinski definition) is 3. The molecule has 1 amide bonds.